The number of hydrogen-bond donors (Lipinski definition) is 3. The summed E-state index contributed by atoms with van der Waals surface area (Å²) in [5.41, 5.74) is -0.351. The predicted octanol–water partition coefficient (Wildman–Crippen LogP) is 1.04. The van der Waals surface area contributed by atoms with Crippen molar-refractivity contribution in [3.63, 3.8) is 0 Å². The Morgan fingerprint density at radius 1 is 1.53 bits per heavy atom. The molecule has 4 nitrogen and oxygen atoms in total. The summed E-state index contributed by atoms with van der Waals surface area (Å²) in [5, 5.41) is 15.5. The molecule has 1 aliphatic rings. The normalized spacial score (nSPS) is 26.9. The second-order valence-electron chi connectivity index (χ2n) is 6.48. The minimum Gasteiger partial charge on any atom is -0.394 e. The first-order valence-electron chi connectivity index (χ1n) is 6.44. The maximum Gasteiger partial charge on any atom is 0.240 e. The Balaban J connectivity index is 2.53. The third-order valence-corrected chi connectivity index (χ3v) is 3.28. The monoisotopic (exact) mass is 242 g/mol. The summed E-state index contributed by atoms with van der Waals surface area (Å²) in [7, 11) is 0. The van der Waals surface area contributed by atoms with Crippen LogP contribution in [0.1, 0.15) is 47.0 Å². The van der Waals surface area contributed by atoms with Gasteiger partial charge in [-0.15, -0.1) is 0 Å². The Hall–Kier alpha value is -0.610. The van der Waals surface area contributed by atoms with Crippen molar-refractivity contribution >= 4 is 5.91 Å². The second kappa shape index (κ2) is 5.36. The summed E-state index contributed by atoms with van der Waals surface area (Å²) in [5.74, 6) is 0.0123. The van der Waals surface area contributed by atoms with Gasteiger partial charge >= 0.3 is 0 Å². The van der Waals surface area contributed by atoms with E-state index < -0.39 is 5.54 Å². The van der Waals surface area contributed by atoms with Crippen LogP contribution in [-0.2, 0) is 4.79 Å². The van der Waals surface area contributed by atoms with Crippen LogP contribution in [0.25, 0.3) is 0 Å². The molecule has 1 saturated heterocycles. The summed E-state index contributed by atoms with van der Waals surface area (Å²) in [4.78, 5) is 12.1. The molecule has 1 fully saturated rings. The lowest BCUT2D eigenvalue weighted by molar-refractivity contribution is -0.127. The van der Waals surface area contributed by atoms with E-state index >= 15 is 0 Å². The lowest BCUT2D eigenvalue weighted by Crippen LogP contribution is -2.55. The highest BCUT2D eigenvalue weighted by atomic mass is 16.3. The van der Waals surface area contributed by atoms with Crippen molar-refractivity contribution in [2.75, 3.05) is 13.2 Å². The Morgan fingerprint density at radius 3 is 2.59 bits per heavy atom. The van der Waals surface area contributed by atoms with Gasteiger partial charge in [0.1, 0.15) is 0 Å². The molecule has 1 rings (SSSR count). The van der Waals surface area contributed by atoms with E-state index in [0.717, 1.165) is 25.8 Å². The zero-order valence-corrected chi connectivity index (χ0v) is 11.5. The predicted molar refractivity (Wildman–Crippen MR) is 68.7 cm³/mol. The van der Waals surface area contributed by atoms with Gasteiger partial charge in [-0.1, -0.05) is 20.8 Å². The smallest absolute Gasteiger partial charge is 0.240 e. The van der Waals surface area contributed by atoms with Crippen LogP contribution in [0.3, 0.4) is 0 Å². The highest BCUT2D eigenvalue weighted by molar-refractivity contribution is 5.86. The summed E-state index contributed by atoms with van der Waals surface area (Å²) in [6.07, 6.45) is 2.69. The summed E-state index contributed by atoms with van der Waals surface area (Å²) in [6.45, 7) is 9.15. The fourth-order valence-corrected chi connectivity index (χ4v) is 2.33. The third-order valence-electron chi connectivity index (χ3n) is 3.28. The highest BCUT2D eigenvalue weighted by Crippen LogP contribution is 2.22. The fraction of sp³-hybridized carbons (Fsp3) is 0.923. The lowest BCUT2D eigenvalue weighted by Gasteiger charge is -2.30. The first kappa shape index (κ1) is 14.5. The minimum atomic E-state index is -0.453. The van der Waals surface area contributed by atoms with E-state index in [2.05, 4.69) is 31.4 Å². The Morgan fingerprint density at radius 2 is 2.18 bits per heavy atom. The maximum atomic E-state index is 12.1. The first-order valence-corrected chi connectivity index (χ1v) is 6.44. The molecular formula is C13H26N2O2. The summed E-state index contributed by atoms with van der Waals surface area (Å²) < 4.78 is 0. The topological polar surface area (TPSA) is 61.4 Å². The van der Waals surface area contributed by atoms with Crippen LogP contribution in [-0.4, -0.2) is 35.7 Å². The quantitative estimate of drug-likeness (QED) is 0.690. The third kappa shape index (κ3) is 4.28. The standard InChI is InChI=1S/C13H26N2O2/c1-12(2,3)8-10(9-16)15-11(17)13(4)6-5-7-14-13/h10,14,16H,5-9H2,1-4H3,(H,15,17). The van der Waals surface area contributed by atoms with Crippen molar-refractivity contribution in [3.05, 3.63) is 0 Å². The number of carbonyl (C=O) groups is 1. The van der Waals surface area contributed by atoms with E-state index in [1.54, 1.807) is 0 Å². The van der Waals surface area contributed by atoms with Gasteiger partial charge in [-0.3, -0.25) is 4.79 Å². The van der Waals surface area contributed by atoms with Gasteiger partial charge in [0.05, 0.1) is 18.2 Å². The van der Waals surface area contributed by atoms with Crippen LogP contribution < -0.4 is 10.6 Å². The molecule has 1 aliphatic heterocycles. The molecule has 0 radical (unpaired) electrons. The molecule has 0 bridgehead atoms. The molecule has 4 heteroatoms. The maximum absolute atomic E-state index is 12.1. The highest BCUT2D eigenvalue weighted by Gasteiger charge is 2.37. The van der Waals surface area contributed by atoms with Gasteiger partial charge in [-0.25, -0.2) is 0 Å². The van der Waals surface area contributed by atoms with E-state index in [9.17, 15) is 9.90 Å². The summed E-state index contributed by atoms with van der Waals surface area (Å²) in [6, 6.07) is -0.151. The first-order chi connectivity index (χ1) is 7.77. The number of hydrogen-bond acceptors (Lipinski definition) is 3. The second-order valence-corrected chi connectivity index (χ2v) is 6.48. The molecule has 1 heterocycles. The zero-order chi connectivity index (χ0) is 13.1. The molecule has 0 aromatic carbocycles. The van der Waals surface area contributed by atoms with Crippen LogP contribution in [0.2, 0.25) is 0 Å². The molecule has 0 spiro atoms. The minimum absolute atomic E-state index is 0.000903. The number of aliphatic hydroxyl groups excluding tert-OH is 1. The van der Waals surface area contributed by atoms with Crippen molar-refractivity contribution in [3.8, 4) is 0 Å². The Bertz CT molecular complexity index is 265. The van der Waals surface area contributed by atoms with E-state index in [1.807, 2.05) is 6.92 Å². The zero-order valence-electron chi connectivity index (χ0n) is 11.5. The van der Waals surface area contributed by atoms with E-state index in [4.69, 9.17) is 0 Å². The molecule has 0 aliphatic carbocycles. The van der Waals surface area contributed by atoms with E-state index in [-0.39, 0.29) is 24.0 Å². The molecule has 0 aromatic rings. The molecule has 100 valence electrons. The Labute approximate surface area is 104 Å². The molecule has 0 aromatic heterocycles. The van der Waals surface area contributed by atoms with Crippen molar-refractivity contribution in [2.45, 2.75) is 58.5 Å². The number of carbonyl (C=O) groups excluding carboxylic acids is 1. The molecule has 1 amide bonds. The van der Waals surface area contributed by atoms with E-state index in [0.29, 0.717) is 0 Å². The van der Waals surface area contributed by atoms with Crippen LogP contribution in [0.4, 0.5) is 0 Å². The van der Waals surface area contributed by atoms with Crippen LogP contribution in [0, 0.1) is 5.41 Å². The van der Waals surface area contributed by atoms with Crippen LogP contribution in [0.15, 0.2) is 0 Å². The van der Waals surface area contributed by atoms with Gasteiger partial charge in [0.25, 0.3) is 0 Å². The number of nitrogens with one attached hydrogen (secondary N) is 2. The van der Waals surface area contributed by atoms with Gasteiger partial charge in [0.2, 0.25) is 5.91 Å². The Kier molecular flexibility index (Phi) is 4.55. The van der Waals surface area contributed by atoms with E-state index in [1.165, 1.54) is 0 Å². The number of aliphatic hydroxyl groups is 1. The lowest BCUT2D eigenvalue weighted by atomic mass is 9.88. The molecule has 17 heavy (non-hydrogen) atoms. The van der Waals surface area contributed by atoms with Crippen molar-refractivity contribution in [1.82, 2.24) is 10.6 Å². The SMILES string of the molecule is CC(C)(C)CC(CO)NC(=O)C1(C)CCCN1. The molecule has 2 atom stereocenters. The fourth-order valence-electron chi connectivity index (χ4n) is 2.33. The van der Waals surface area contributed by atoms with Gasteiger partial charge < -0.3 is 15.7 Å². The van der Waals surface area contributed by atoms with Gasteiger partial charge in [0.15, 0.2) is 0 Å². The average Bonchev–Trinajstić information content (AvgIpc) is 2.63. The van der Waals surface area contributed by atoms with Gasteiger partial charge in [0, 0.05) is 0 Å². The van der Waals surface area contributed by atoms with Gasteiger partial charge in [-0.2, -0.15) is 0 Å². The molecular weight excluding hydrogens is 216 g/mol. The average molecular weight is 242 g/mol. The molecule has 3 N–H and O–H groups in total. The van der Waals surface area contributed by atoms with Crippen molar-refractivity contribution < 1.29 is 9.90 Å². The molecule has 0 saturated carbocycles. The number of amides is 1. The van der Waals surface area contributed by atoms with Crippen LogP contribution >= 0.6 is 0 Å². The van der Waals surface area contributed by atoms with Crippen molar-refractivity contribution in [1.29, 1.82) is 0 Å². The number of rotatable bonds is 4. The van der Waals surface area contributed by atoms with Crippen LogP contribution in [0.5, 0.6) is 0 Å². The summed E-state index contributed by atoms with van der Waals surface area (Å²) >= 11 is 0. The van der Waals surface area contributed by atoms with Gasteiger partial charge in [-0.05, 0) is 38.1 Å². The largest absolute Gasteiger partial charge is 0.394 e. The molecule has 2 unspecified atom stereocenters. The van der Waals surface area contributed by atoms with Crippen molar-refractivity contribution in [2.24, 2.45) is 5.41 Å².